The van der Waals surface area contributed by atoms with Gasteiger partial charge in [0.1, 0.15) is 13.2 Å². The van der Waals surface area contributed by atoms with Crippen LogP contribution in [0.5, 0.6) is 0 Å². The normalized spacial score (nSPS) is 11.6. The lowest BCUT2D eigenvalue weighted by atomic mass is 9.95. The fourth-order valence-electron chi connectivity index (χ4n) is 3.95. The Morgan fingerprint density at radius 2 is 1.47 bits per heavy atom. The summed E-state index contributed by atoms with van der Waals surface area (Å²) in [6, 6.07) is 14.7. The Balaban J connectivity index is 0.00000924. The summed E-state index contributed by atoms with van der Waals surface area (Å²) in [5.41, 5.74) is 1.46. The Morgan fingerprint density at radius 3 is 2.05 bits per heavy atom. The largest absolute Gasteiger partial charge is 0.508 e. The van der Waals surface area contributed by atoms with Crippen molar-refractivity contribution in [1.82, 2.24) is 4.90 Å². The van der Waals surface area contributed by atoms with E-state index < -0.39 is 27.0 Å². The monoisotopic (exact) mass is 642 g/mol. The second kappa shape index (κ2) is 19.5. The molecule has 2 aromatic rings. The quantitative estimate of drug-likeness (QED) is 0.0548. The van der Waals surface area contributed by atoms with Gasteiger partial charge in [0.15, 0.2) is 9.84 Å². The fourth-order valence-corrected chi connectivity index (χ4v) is 4.58. The van der Waals surface area contributed by atoms with Crippen LogP contribution in [0.1, 0.15) is 44.2 Å². The van der Waals surface area contributed by atoms with Crippen LogP contribution in [0.25, 0.3) is 11.1 Å². The second-order valence-electron chi connectivity index (χ2n) is 9.18. The SMILES string of the molecule is CCN(CC)CCOC(=O)C(=C(COC(=O)OCCCCCO[N+](=O)[O-])c1ccc(S(C)(=O)=O)cc1)c1ccccc1.Cl. The first kappa shape index (κ1) is 37.3. The topological polar surface area (TPSA) is 152 Å². The molecule has 2 rings (SSSR count). The Morgan fingerprint density at radius 1 is 0.837 bits per heavy atom. The van der Waals surface area contributed by atoms with E-state index in [0.717, 1.165) is 19.3 Å². The molecule has 2 aromatic carbocycles. The van der Waals surface area contributed by atoms with Gasteiger partial charge < -0.3 is 23.9 Å². The molecule has 0 aliphatic heterocycles. The van der Waals surface area contributed by atoms with Crippen LogP contribution in [0, 0.1) is 10.1 Å². The number of carbonyl (C=O) groups excluding carboxylic acids is 2. The molecule has 238 valence electrons. The summed E-state index contributed by atoms with van der Waals surface area (Å²) in [7, 11) is -3.47. The van der Waals surface area contributed by atoms with Crippen molar-refractivity contribution in [2.45, 2.75) is 38.0 Å². The summed E-state index contributed by atoms with van der Waals surface area (Å²) in [6.45, 7) is 5.94. The van der Waals surface area contributed by atoms with E-state index in [4.69, 9.17) is 14.2 Å². The highest BCUT2D eigenvalue weighted by Crippen LogP contribution is 2.29. The van der Waals surface area contributed by atoms with E-state index in [1.165, 1.54) is 12.1 Å². The number of carbonyl (C=O) groups is 2. The van der Waals surface area contributed by atoms with E-state index >= 15 is 0 Å². The van der Waals surface area contributed by atoms with E-state index in [1.54, 1.807) is 42.5 Å². The van der Waals surface area contributed by atoms with Crippen LogP contribution in [-0.4, -0.2) is 82.8 Å². The molecule has 0 bridgehead atoms. The Hall–Kier alpha value is -3.68. The molecule has 0 atom stereocenters. The summed E-state index contributed by atoms with van der Waals surface area (Å²) in [4.78, 5) is 42.5. The van der Waals surface area contributed by atoms with Gasteiger partial charge in [0, 0.05) is 18.4 Å². The molecule has 0 unspecified atom stereocenters. The molecule has 0 aliphatic rings. The summed E-state index contributed by atoms with van der Waals surface area (Å²) >= 11 is 0. The Bertz CT molecular complexity index is 1300. The lowest BCUT2D eigenvalue weighted by molar-refractivity contribution is -0.757. The maximum absolute atomic E-state index is 13.5. The standard InChI is InChI=1S/C29H38N2O10S.ClH/c1-4-30(5-2)18-21-38-28(32)27(24-12-8-6-9-13-24)26(23-14-16-25(17-15-23)42(3,36)37)22-40-29(33)39-19-10-7-11-20-41-31(34)35;/h6,8-9,12-17H,4-5,7,10-11,18-22H2,1-3H3;1H. The minimum atomic E-state index is -3.47. The van der Waals surface area contributed by atoms with Crippen molar-refractivity contribution in [2.75, 3.05) is 52.3 Å². The lowest BCUT2D eigenvalue weighted by Crippen LogP contribution is -2.28. The number of unbranched alkanes of at least 4 members (excludes halogenated alkanes) is 2. The van der Waals surface area contributed by atoms with Crippen LogP contribution in [0.15, 0.2) is 59.5 Å². The molecule has 0 N–H and O–H groups in total. The highest BCUT2D eigenvalue weighted by molar-refractivity contribution is 7.90. The number of sulfone groups is 1. The summed E-state index contributed by atoms with van der Waals surface area (Å²) in [5, 5.41) is 9.33. The zero-order chi connectivity index (χ0) is 31.0. The predicted octanol–water partition coefficient (Wildman–Crippen LogP) is 4.84. The molecule has 0 radical (unpaired) electrons. The molecule has 0 aliphatic carbocycles. The number of halogens is 1. The van der Waals surface area contributed by atoms with E-state index in [-0.39, 0.29) is 49.3 Å². The molecule has 0 amide bonds. The minimum Gasteiger partial charge on any atom is -0.461 e. The molecule has 0 spiro atoms. The average Bonchev–Trinajstić information content (AvgIpc) is 2.96. The first-order valence-corrected chi connectivity index (χ1v) is 15.5. The Kier molecular flexibility index (Phi) is 16.9. The number of hydrogen-bond donors (Lipinski definition) is 0. The second-order valence-corrected chi connectivity index (χ2v) is 11.2. The molecular weight excluding hydrogens is 604 g/mol. The van der Waals surface area contributed by atoms with E-state index in [1.807, 2.05) is 13.8 Å². The van der Waals surface area contributed by atoms with Crippen LogP contribution in [0.4, 0.5) is 4.79 Å². The molecule has 0 saturated carbocycles. The van der Waals surface area contributed by atoms with Gasteiger partial charge in [0.05, 0.1) is 23.7 Å². The van der Waals surface area contributed by atoms with Gasteiger partial charge in [0.2, 0.25) is 0 Å². The van der Waals surface area contributed by atoms with Gasteiger partial charge in [-0.05, 0) is 55.6 Å². The van der Waals surface area contributed by atoms with Crippen molar-refractivity contribution in [3.05, 3.63) is 75.8 Å². The zero-order valence-corrected chi connectivity index (χ0v) is 26.2. The zero-order valence-electron chi connectivity index (χ0n) is 24.6. The summed E-state index contributed by atoms with van der Waals surface area (Å²) < 4.78 is 40.2. The molecule has 0 aromatic heterocycles. The third kappa shape index (κ3) is 13.4. The number of benzene rings is 2. The maximum Gasteiger partial charge on any atom is 0.508 e. The van der Waals surface area contributed by atoms with Crippen LogP contribution in [0.2, 0.25) is 0 Å². The number of hydrogen-bond acceptors (Lipinski definition) is 11. The molecule has 0 heterocycles. The number of rotatable bonds is 18. The number of likely N-dealkylation sites (N-methyl/N-ethyl adjacent to an activating group) is 1. The average molecular weight is 643 g/mol. The third-order valence-corrected chi connectivity index (χ3v) is 7.40. The minimum absolute atomic E-state index is 0. The third-order valence-electron chi connectivity index (χ3n) is 6.27. The van der Waals surface area contributed by atoms with Crippen molar-refractivity contribution in [2.24, 2.45) is 0 Å². The maximum atomic E-state index is 13.5. The first-order chi connectivity index (χ1) is 20.1. The predicted molar refractivity (Wildman–Crippen MR) is 163 cm³/mol. The van der Waals surface area contributed by atoms with Crippen molar-refractivity contribution in [3.63, 3.8) is 0 Å². The highest BCUT2D eigenvalue weighted by atomic mass is 35.5. The molecule has 0 fully saturated rings. The van der Waals surface area contributed by atoms with Gasteiger partial charge in [-0.3, -0.25) is 0 Å². The van der Waals surface area contributed by atoms with Crippen LogP contribution in [0.3, 0.4) is 0 Å². The molecule has 14 heteroatoms. The smallest absolute Gasteiger partial charge is 0.461 e. The van der Waals surface area contributed by atoms with Crippen molar-refractivity contribution in [3.8, 4) is 0 Å². The fraction of sp³-hybridized carbons (Fsp3) is 0.448. The number of esters is 1. The van der Waals surface area contributed by atoms with E-state index in [0.29, 0.717) is 42.5 Å². The number of nitrogens with zero attached hydrogens (tertiary/aromatic N) is 2. The van der Waals surface area contributed by atoms with Crippen molar-refractivity contribution in [1.29, 1.82) is 0 Å². The summed E-state index contributed by atoms with van der Waals surface area (Å²) in [5.74, 6) is -0.621. The molecule has 0 saturated heterocycles. The first-order valence-electron chi connectivity index (χ1n) is 13.6. The van der Waals surface area contributed by atoms with Gasteiger partial charge in [-0.15, -0.1) is 22.5 Å². The van der Waals surface area contributed by atoms with Gasteiger partial charge in [-0.1, -0.05) is 56.3 Å². The highest BCUT2D eigenvalue weighted by Gasteiger charge is 2.23. The van der Waals surface area contributed by atoms with Gasteiger partial charge in [-0.2, -0.15) is 0 Å². The van der Waals surface area contributed by atoms with E-state index in [2.05, 4.69) is 9.74 Å². The van der Waals surface area contributed by atoms with Crippen molar-refractivity contribution < 1.29 is 42.1 Å². The van der Waals surface area contributed by atoms with Gasteiger partial charge in [-0.25, -0.2) is 18.0 Å². The summed E-state index contributed by atoms with van der Waals surface area (Å²) in [6.07, 6.45) is 1.53. The van der Waals surface area contributed by atoms with Crippen molar-refractivity contribution >= 4 is 45.5 Å². The molecule has 43 heavy (non-hydrogen) atoms. The molecular formula is C29H39ClN2O10S. The number of ether oxygens (including phenoxy) is 3. The van der Waals surface area contributed by atoms with E-state index in [9.17, 15) is 28.1 Å². The molecule has 12 nitrogen and oxygen atoms in total. The van der Waals surface area contributed by atoms with Crippen LogP contribution < -0.4 is 0 Å². The van der Waals surface area contributed by atoms with Crippen LogP contribution in [-0.2, 0) is 33.7 Å². The Labute approximate surface area is 258 Å². The lowest BCUT2D eigenvalue weighted by Gasteiger charge is -2.19. The van der Waals surface area contributed by atoms with Gasteiger partial charge >= 0.3 is 12.1 Å². The van der Waals surface area contributed by atoms with Crippen LogP contribution >= 0.6 is 12.4 Å². The van der Waals surface area contributed by atoms with Gasteiger partial charge in [0.25, 0.3) is 5.09 Å².